The molecule has 0 atom stereocenters. The smallest absolute Gasteiger partial charge is 0.171 e. The monoisotopic (exact) mass is 859 g/mol. The van der Waals surface area contributed by atoms with Crippen molar-refractivity contribution in [2.24, 2.45) is 0 Å². The highest BCUT2D eigenvalue weighted by Crippen LogP contribution is 2.63. The number of rotatable bonds is 5. The lowest BCUT2D eigenvalue weighted by Gasteiger charge is -2.30. The lowest BCUT2D eigenvalue weighted by atomic mass is 9.70. The van der Waals surface area contributed by atoms with E-state index in [2.05, 4.69) is 152 Å². The summed E-state index contributed by atoms with van der Waals surface area (Å²) in [5.41, 5.74) is 16.3. The third-order valence-electron chi connectivity index (χ3n) is 14.4. The number of benzene rings is 10. The summed E-state index contributed by atoms with van der Waals surface area (Å²) in [6, 6.07) is 81.1. The molecule has 0 radical (unpaired) electrons. The predicted molar refractivity (Wildman–Crippen MR) is 273 cm³/mol. The number of hydrogen-bond donors (Lipinski definition) is 0. The molecular formula is C62H38NO2P. The fourth-order valence-electron chi connectivity index (χ4n) is 11.6. The van der Waals surface area contributed by atoms with E-state index in [9.17, 15) is 0 Å². The van der Waals surface area contributed by atoms with Crippen molar-refractivity contribution in [2.45, 2.75) is 5.41 Å². The van der Waals surface area contributed by atoms with Crippen LogP contribution in [0.1, 0.15) is 22.3 Å². The van der Waals surface area contributed by atoms with Crippen LogP contribution in [0.4, 0.5) is 0 Å². The Kier molecular flexibility index (Phi) is 7.88. The van der Waals surface area contributed by atoms with Gasteiger partial charge in [-0.2, -0.15) is 0 Å². The standard InChI is InChI=1S/C62H38NO2P/c64-66(41-17-3-1-4-18-41,42-19-5-2-6-20-42)43-34-31-39(32-35-43)50-38-51-58(59-49-25-11-16-30-57(49)65-61(50)59)48-24-10-15-29-56(48)63-60(51)40-33-36-47-46-23-9-14-28-54(46)62(55(47)37-40)52-26-12-7-21-44(52)45-22-8-13-27-53(45)62/h1-38H. The molecule has 0 amide bonds. The molecule has 3 nitrogen and oxygen atoms in total. The van der Waals surface area contributed by atoms with Crippen LogP contribution >= 0.6 is 7.14 Å². The first kappa shape index (κ1) is 37.3. The number of nitrogens with zero attached hydrogens (tertiary/aromatic N) is 1. The molecule has 2 heterocycles. The van der Waals surface area contributed by atoms with Gasteiger partial charge in [-0.05, 0) is 74.3 Å². The minimum atomic E-state index is -3.19. The number of pyridine rings is 1. The molecule has 4 heteroatoms. The largest absolute Gasteiger partial charge is 0.455 e. The van der Waals surface area contributed by atoms with Crippen molar-refractivity contribution in [3.05, 3.63) is 253 Å². The fourth-order valence-corrected chi connectivity index (χ4v) is 14.2. The molecule has 2 aliphatic rings. The van der Waals surface area contributed by atoms with Crippen LogP contribution in [0.2, 0.25) is 0 Å². The minimum absolute atomic E-state index is 0.484. The van der Waals surface area contributed by atoms with E-state index in [0.29, 0.717) is 0 Å². The molecule has 308 valence electrons. The normalized spacial score (nSPS) is 13.3. The van der Waals surface area contributed by atoms with Crippen LogP contribution in [-0.2, 0) is 9.98 Å². The highest BCUT2D eigenvalue weighted by atomic mass is 31.2. The van der Waals surface area contributed by atoms with Gasteiger partial charge in [-0.1, -0.05) is 206 Å². The topological polar surface area (TPSA) is 43.1 Å². The molecule has 0 fully saturated rings. The van der Waals surface area contributed by atoms with Crippen LogP contribution in [0, 0.1) is 0 Å². The fraction of sp³-hybridized carbons (Fsp3) is 0.0161. The lowest BCUT2D eigenvalue weighted by molar-refractivity contribution is 0.592. The lowest BCUT2D eigenvalue weighted by Crippen LogP contribution is -2.25. The molecule has 2 aromatic heterocycles. The van der Waals surface area contributed by atoms with E-state index < -0.39 is 12.6 Å². The third kappa shape index (κ3) is 4.98. The summed E-state index contributed by atoms with van der Waals surface area (Å²) in [5.74, 6) is 0. The highest BCUT2D eigenvalue weighted by molar-refractivity contribution is 7.85. The second-order valence-electron chi connectivity index (χ2n) is 17.6. The molecule has 14 rings (SSSR count). The Bertz CT molecular complexity index is 3910. The molecule has 1 spiro atoms. The Morgan fingerprint density at radius 3 is 1.52 bits per heavy atom. The van der Waals surface area contributed by atoms with Crippen molar-refractivity contribution in [3.63, 3.8) is 0 Å². The number of aromatic nitrogens is 1. The number of furan rings is 1. The zero-order valence-corrected chi connectivity index (χ0v) is 36.5. The van der Waals surface area contributed by atoms with Gasteiger partial charge < -0.3 is 8.98 Å². The van der Waals surface area contributed by atoms with Gasteiger partial charge in [0.2, 0.25) is 0 Å². The maximum absolute atomic E-state index is 15.5. The number of para-hydroxylation sites is 2. The minimum Gasteiger partial charge on any atom is -0.455 e. The average Bonchev–Trinajstić information content (AvgIpc) is 4.03. The van der Waals surface area contributed by atoms with Crippen LogP contribution < -0.4 is 15.9 Å². The van der Waals surface area contributed by atoms with E-state index in [1.807, 2.05) is 78.9 Å². The van der Waals surface area contributed by atoms with Crippen LogP contribution in [0.15, 0.2) is 235 Å². The summed E-state index contributed by atoms with van der Waals surface area (Å²) in [4.78, 5) is 5.60. The summed E-state index contributed by atoms with van der Waals surface area (Å²) >= 11 is 0. The average molecular weight is 860 g/mol. The molecule has 2 aliphatic carbocycles. The number of fused-ring (bicyclic) bond motifs is 17. The van der Waals surface area contributed by atoms with Crippen molar-refractivity contribution in [1.82, 2.24) is 4.98 Å². The van der Waals surface area contributed by atoms with Crippen molar-refractivity contribution in [3.8, 4) is 44.6 Å². The van der Waals surface area contributed by atoms with Gasteiger partial charge in [-0.25, -0.2) is 4.98 Å². The summed E-state index contributed by atoms with van der Waals surface area (Å²) < 4.78 is 22.4. The highest BCUT2D eigenvalue weighted by Gasteiger charge is 2.51. The van der Waals surface area contributed by atoms with Gasteiger partial charge in [-0.3, -0.25) is 0 Å². The van der Waals surface area contributed by atoms with Gasteiger partial charge in [-0.15, -0.1) is 0 Å². The zero-order valence-electron chi connectivity index (χ0n) is 35.7. The van der Waals surface area contributed by atoms with E-state index in [4.69, 9.17) is 9.40 Å². The molecule has 0 saturated carbocycles. The van der Waals surface area contributed by atoms with Crippen LogP contribution in [0.25, 0.3) is 88.3 Å². The maximum Gasteiger partial charge on any atom is 0.171 e. The first-order valence-corrected chi connectivity index (χ1v) is 24.3. The van der Waals surface area contributed by atoms with E-state index in [1.54, 1.807) is 0 Å². The Morgan fingerprint density at radius 1 is 0.379 bits per heavy atom. The van der Waals surface area contributed by atoms with E-state index >= 15 is 4.57 Å². The second-order valence-corrected chi connectivity index (χ2v) is 20.4. The molecular weight excluding hydrogens is 822 g/mol. The van der Waals surface area contributed by atoms with Crippen molar-refractivity contribution >= 4 is 66.7 Å². The molecule has 0 bridgehead atoms. The van der Waals surface area contributed by atoms with Gasteiger partial charge in [0.05, 0.1) is 16.6 Å². The SMILES string of the molecule is O=P(c1ccccc1)(c1ccccc1)c1ccc(-c2cc3c(-c4ccc5c(c4)C4(c6ccccc6-c6ccccc64)c4ccccc4-5)nc4ccccc4c3c3c2oc2ccccc23)cc1. The van der Waals surface area contributed by atoms with E-state index in [1.165, 1.54) is 44.5 Å². The van der Waals surface area contributed by atoms with Crippen LogP contribution in [0.3, 0.4) is 0 Å². The molecule has 0 unspecified atom stereocenters. The van der Waals surface area contributed by atoms with Crippen molar-refractivity contribution in [2.75, 3.05) is 0 Å². The van der Waals surface area contributed by atoms with Gasteiger partial charge in [0.1, 0.15) is 11.2 Å². The quantitative estimate of drug-likeness (QED) is 0.128. The number of hydrogen-bond acceptors (Lipinski definition) is 3. The molecule has 10 aromatic carbocycles. The zero-order chi connectivity index (χ0) is 43.6. The Morgan fingerprint density at radius 2 is 0.879 bits per heavy atom. The van der Waals surface area contributed by atoms with Crippen LogP contribution in [-0.4, -0.2) is 4.98 Å². The van der Waals surface area contributed by atoms with Crippen LogP contribution in [0.5, 0.6) is 0 Å². The molecule has 66 heavy (non-hydrogen) atoms. The van der Waals surface area contributed by atoms with Gasteiger partial charge in [0, 0.05) is 54.0 Å². The van der Waals surface area contributed by atoms with Gasteiger partial charge >= 0.3 is 0 Å². The molecule has 12 aromatic rings. The third-order valence-corrected chi connectivity index (χ3v) is 17.4. The van der Waals surface area contributed by atoms with E-state index in [0.717, 1.165) is 81.9 Å². The summed E-state index contributed by atoms with van der Waals surface area (Å²) in [7, 11) is -3.19. The summed E-state index contributed by atoms with van der Waals surface area (Å²) in [6.07, 6.45) is 0. The first-order valence-electron chi connectivity index (χ1n) is 22.6. The second kappa shape index (κ2) is 13.9. The Hall–Kier alpha value is -8.10. The Balaban J connectivity index is 1.04. The molecule has 0 N–H and O–H groups in total. The van der Waals surface area contributed by atoms with E-state index in [-0.39, 0.29) is 0 Å². The Labute approximate surface area is 381 Å². The summed E-state index contributed by atoms with van der Waals surface area (Å²) in [6.45, 7) is 0. The maximum atomic E-state index is 15.5. The van der Waals surface area contributed by atoms with Crippen molar-refractivity contribution < 1.29 is 8.98 Å². The van der Waals surface area contributed by atoms with Crippen molar-refractivity contribution in [1.29, 1.82) is 0 Å². The van der Waals surface area contributed by atoms with Gasteiger partial charge in [0.25, 0.3) is 0 Å². The van der Waals surface area contributed by atoms with Gasteiger partial charge in [0.15, 0.2) is 7.14 Å². The first-order chi connectivity index (χ1) is 32.6. The molecule has 0 saturated heterocycles. The summed E-state index contributed by atoms with van der Waals surface area (Å²) in [5, 5.41) is 7.74. The predicted octanol–water partition coefficient (Wildman–Crippen LogP) is 14.6. The molecule has 0 aliphatic heterocycles.